The summed E-state index contributed by atoms with van der Waals surface area (Å²) in [6.07, 6.45) is 1.64. The van der Waals surface area contributed by atoms with E-state index in [0.717, 1.165) is 12.8 Å². The predicted molar refractivity (Wildman–Crippen MR) is 70.6 cm³/mol. The van der Waals surface area contributed by atoms with E-state index in [9.17, 15) is 8.42 Å². The minimum Gasteiger partial charge on any atom is -0.381 e. The van der Waals surface area contributed by atoms with Gasteiger partial charge in [-0.15, -0.1) is 11.3 Å². The molecule has 17 heavy (non-hydrogen) atoms. The molecule has 0 amide bonds. The maximum atomic E-state index is 10.9. The smallest absolute Gasteiger partial charge is 0.209 e. The minimum absolute atomic E-state index is 0.00248. The highest BCUT2D eigenvalue weighted by molar-refractivity contribution is 7.89. The molecule has 1 heterocycles. The Kier molecular flexibility index (Phi) is 6.11. The average Bonchev–Trinajstić information content (AvgIpc) is 2.73. The molecule has 0 aliphatic carbocycles. The molecule has 0 aliphatic heterocycles. The normalized spacial score (nSPS) is 13.8. The summed E-state index contributed by atoms with van der Waals surface area (Å²) < 4.78 is 27.4. The van der Waals surface area contributed by atoms with Crippen LogP contribution in [0.3, 0.4) is 0 Å². The first-order chi connectivity index (χ1) is 8.01. The van der Waals surface area contributed by atoms with Gasteiger partial charge in [0.25, 0.3) is 0 Å². The van der Waals surface area contributed by atoms with Crippen LogP contribution in [0.2, 0.25) is 0 Å². The zero-order valence-electron chi connectivity index (χ0n) is 9.96. The zero-order valence-corrected chi connectivity index (χ0v) is 11.6. The van der Waals surface area contributed by atoms with Crippen molar-refractivity contribution < 1.29 is 13.2 Å². The molecule has 6 heteroatoms. The predicted octanol–water partition coefficient (Wildman–Crippen LogP) is 1.62. The number of hydrogen-bond donors (Lipinski definition) is 1. The summed E-state index contributed by atoms with van der Waals surface area (Å²) in [5, 5.41) is 7.04. The number of primary sulfonamides is 1. The lowest BCUT2D eigenvalue weighted by molar-refractivity contribution is 0.107. The third-order valence-corrected chi connectivity index (χ3v) is 4.34. The molecule has 98 valence electrons. The van der Waals surface area contributed by atoms with Crippen LogP contribution in [0, 0.1) is 5.92 Å². The van der Waals surface area contributed by atoms with Crippen LogP contribution in [0.5, 0.6) is 0 Å². The van der Waals surface area contributed by atoms with Gasteiger partial charge in [0.1, 0.15) is 0 Å². The van der Waals surface area contributed by atoms with Crippen LogP contribution < -0.4 is 5.14 Å². The van der Waals surface area contributed by atoms with Gasteiger partial charge < -0.3 is 4.74 Å². The van der Waals surface area contributed by atoms with Gasteiger partial charge in [0, 0.05) is 11.3 Å². The summed E-state index contributed by atoms with van der Waals surface area (Å²) in [6, 6.07) is 4.07. The fourth-order valence-corrected chi connectivity index (χ4v) is 3.17. The second kappa shape index (κ2) is 7.10. The third kappa shape index (κ3) is 6.78. The van der Waals surface area contributed by atoms with Crippen LogP contribution in [0.25, 0.3) is 0 Å². The lowest BCUT2D eigenvalue weighted by Gasteiger charge is -2.13. The molecule has 1 aromatic rings. The highest BCUT2D eigenvalue weighted by atomic mass is 32.2. The Balaban J connectivity index is 2.20. The van der Waals surface area contributed by atoms with Crippen molar-refractivity contribution in [1.29, 1.82) is 0 Å². The van der Waals surface area contributed by atoms with E-state index < -0.39 is 10.0 Å². The summed E-state index contributed by atoms with van der Waals surface area (Å²) in [5.74, 6) is -0.00369. The third-order valence-electron chi connectivity index (χ3n) is 2.47. The van der Waals surface area contributed by atoms with Crippen LogP contribution >= 0.6 is 11.3 Å². The Morgan fingerprint density at radius 1 is 1.53 bits per heavy atom. The second-order valence-corrected chi connectivity index (χ2v) is 6.70. The quantitative estimate of drug-likeness (QED) is 0.734. The first-order valence-electron chi connectivity index (χ1n) is 5.62. The zero-order chi connectivity index (χ0) is 12.7. The molecule has 0 bridgehead atoms. The molecule has 0 aromatic carbocycles. The van der Waals surface area contributed by atoms with E-state index in [-0.39, 0.29) is 11.7 Å². The van der Waals surface area contributed by atoms with E-state index in [1.54, 1.807) is 11.3 Å². The average molecular weight is 277 g/mol. The monoisotopic (exact) mass is 277 g/mol. The van der Waals surface area contributed by atoms with Crippen molar-refractivity contribution in [3.05, 3.63) is 22.4 Å². The van der Waals surface area contributed by atoms with E-state index >= 15 is 0 Å². The Hall–Kier alpha value is -0.430. The molecular weight excluding hydrogens is 258 g/mol. The van der Waals surface area contributed by atoms with Gasteiger partial charge in [-0.3, -0.25) is 0 Å². The van der Waals surface area contributed by atoms with Crippen molar-refractivity contribution in [2.24, 2.45) is 11.1 Å². The van der Waals surface area contributed by atoms with Crippen LogP contribution in [0.4, 0.5) is 0 Å². The fourth-order valence-electron chi connectivity index (χ4n) is 1.49. The summed E-state index contributed by atoms with van der Waals surface area (Å²) in [7, 11) is -3.39. The number of nitrogens with two attached hydrogens (primary N) is 1. The summed E-state index contributed by atoms with van der Waals surface area (Å²) >= 11 is 1.70. The second-order valence-electron chi connectivity index (χ2n) is 4.01. The Morgan fingerprint density at radius 2 is 2.29 bits per heavy atom. The first-order valence-corrected chi connectivity index (χ1v) is 8.21. The molecule has 1 rings (SSSR count). The molecule has 0 saturated carbocycles. The highest BCUT2D eigenvalue weighted by Gasteiger charge is 2.14. The summed E-state index contributed by atoms with van der Waals surface area (Å²) in [4.78, 5) is 1.28. The Bertz CT molecular complexity index is 400. The van der Waals surface area contributed by atoms with Crippen molar-refractivity contribution in [2.75, 3.05) is 19.0 Å². The van der Waals surface area contributed by atoms with Gasteiger partial charge in [-0.05, 0) is 17.4 Å². The SMILES string of the molecule is CCC(COCCc1cccs1)CS(N)(=O)=O. The van der Waals surface area contributed by atoms with Gasteiger partial charge in [0.15, 0.2) is 0 Å². The molecule has 0 aliphatic rings. The van der Waals surface area contributed by atoms with E-state index in [0.29, 0.717) is 13.2 Å². The molecule has 1 aromatic heterocycles. The molecule has 4 nitrogen and oxygen atoms in total. The maximum absolute atomic E-state index is 10.9. The molecule has 2 N–H and O–H groups in total. The van der Waals surface area contributed by atoms with E-state index in [1.165, 1.54) is 4.88 Å². The van der Waals surface area contributed by atoms with Crippen molar-refractivity contribution in [3.8, 4) is 0 Å². The molecule has 0 saturated heterocycles. The number of ether oxygens (including phenoxy) is 1. The van der Waals surface area contributed by atoms with Crippen LogP contribution in [0.1, 0.15) is 18.2 Å². The van der Waals surface area contributed by atoms with Crippen LogP contribution in [0.15, 0.2) is 17.5 Å². The van der Waals surface area contributed by atoms with Crippen LogP contribution in [-0.4, -0.2) is 27.4 Å². The fraction of sp³-hybridized carbons (Fsp3) is 0.636. The Labute approximate surface area is 107 Å². The van der Waals surface area contributed by atoms with Crippen molar-refractivity contribution >= 4 is 21.4 Å². The largest absolute Gasteiger partial charge is 0.381 e. The standard InChI is InChI=1S/C11H19NO3S2/c1-2-10(9-17(12,13)14)8-15-6-5-11-4-3-7-16-11/h3-4,7,10H,2,5-6,8-9H2,1H3,(H2,12,13,14). The number of rotatable bonds is 8. The topological polar surface area (TPSA) is 69.4 Å². The van der Waals surface area contributed by atoms with Gasteiger partial charge in [-0.25, -0.2) is 13.6 Å². The first kappa shape index (κ1) is 14.6. The molecule has 0 fully saturated rings. The van der Waals surface area contributed by atoms with Crippen LogP contribution in [-0.2, 0) is 21.2 Å². The number of hydrogen-bond acceptors (Lipinski definition) is 4. The van der Waals surface area contributed by atoms with Gasteiger partial charge in [-0.2, -0.15) is 0 Å². The van der Waals surface area contributed by atoms with Gasteiger partial charge in [0.05, 0.1) is 19.0 Å². The van der Waals surface area contributed by atoms with Crippen molar-refractivity contribution in [2.45, 2.75) is 19.8 Å². The lowest BCUT2D eigenvalue weighted by Crippen LogP contribution is -2.25. The van der Waals surface area contributed by atoms with E-state index in [2.05, 4.69) is 6.07 Å². The summed E-state index contributed by atoms with van der Waals surface area (Å²) in [5.41, 5.74) is 0. The summed E-state index contributed by atoms with van der Waals surface area (Å²) in [6.45, 7) is 3.03. The lowest BCUT2D eigenvalue weighted by atomic mass is 10.1. The molecule has 1 atom stereocenters. The number of sulfonamides is 1. The molecule has 1 unspecified atom stereocenters. The van der Waals surface area contributed by atoms with Gasteiger partial charge >= 0.3 is 0 Å². The molecule has 0 spiro atoms. The highest BCUT2D eigenvalue weighted by Crippen LogP contribution is 2.10. The molecular formula is C11H19NO3S2. The number of thiophene rings is 1. The van der Waals surface area contributed by atoms with E-state index in [4.69, 9.17) is 9.88 Å². The van der Waals surface area contributed by atoms with Gasteiger partial charge in [-0.1, -0.05) is 19.4 Å². The van der Waals surface area contributed by atoms with Crippen molar-refractivity contribution in [1.82, 2.24) is 0 Å². The van der Waals surface area contributed by atoms with Crippen molar-refractivity contribution in [3.63, 3.8) is 0 Å². The van der Waals surface area contributed by atoms with Gasteiger partial charge in [0.2, 0.25) is 10.0 Å². The minimum atomic E-state index is -3.39. The Morgan fingerprint density at radius 3 is 2.82 bits per heavy atom. The van der Waals surface area contributed by atoms with E-state index in [1.807, 2.05) is 18.4 Å². The molecule has 0 radical (unpaired) electrons. The maximum Gasteiger partial charge on any atom is 0.209 e.